The Kier molecular flexibility index (Phi) is 5.34. The van der Waals surface area contributed by atoms with Crippen molar-refractivity contribution in [2.45, 2.75) is 39.3 Å². The molecule has 0 saturated carbocycles. The van der Waals surface area contributed by atoms with E-state index in [0.29, 0.717) is 11.4 Å². The van der Waals surface area contributed by atoms with Crippen LogP contribution in [0.25, 0.3) is 11.0 Å². The second-order valence-corrected chi connectivity index (χ2v) is 7.64. The van der Waals surface area contributed by atoms with E-state index in [9.17, 15) is 9.59 Å². The number of likely N-dealkylation sites (tertiary alicyclic amines) is 1. The Morgan fingerprint density at radius 3 is 2.52 bits per heavy atom. The zero-order valence-corrected chi connectivity index (χ0v) is 16.9. The van der Waals surface area contributed by atoms with E-state index < -0.39 is 0 Å². The number of carbonyl (C=O) groups is 2. The molecule has 0 aliphatic carbocycles. The van der Waals surface area contributed by atoms with Gasteiger partial charge in [0.25, 0.3) is 5.91 Å². The summed E-state index contributed by atoms with van der Waals surface area (Å²) in [4.78, 5) is 32.2. The number of nitrogens with zero attached hydrogens (tertiary/aromatic N) is 3. The first kappa shape index (κ1) is 19.2. The second kappa shape index (κ2) is 8.07. The number of hydrogen-bond donors (Lipinski definition) is 1. The maximum Gasteiger partial charge on any atom is 0.252 e. The average molecular weight is 390 g/mol. The number of fused-ring (bicyclic) bond motifs is 1. The van der Waals surface area contributed by atoms with Crippen LogP contribution in [0.1, 0.15) is 47.6 Å². The molecule has 3 aromatic rings. The van der Waals surface area contributed by atoms with Crippen molar-refractivity contribution in [3.8, 4) is 0 Å². The molecule has 1 atom stereocenters. The number of aromatic nitrogens is 2. The molecule has 1 unspecified atom stereocenters. The van der Waals surface area contributed by atoms with Crippen molar-refractivity contribution in [1.29, 1.82) is 0 Å². The molecule has 2 aromatic carbocycles. The summed E-state index contributed by atoms with van der Waals surface area (Å²) in [6, 6.07) is 15.0. The highest BCUT2D eigenvalue weighted by Crippen LogP contribution is 2.22. The Labute approximate surface area is 170 Å². The molecule has 4 rings (SSSR count). The fourth-order valence-corrected chi connectivity index (χ4v) is 3.96. The summed E-state index contributed by atoms with van der Waals surface area (Å²) in [5.41, 5.74) is 3.31. The molecular formula is C23H26N4O2. The monoisotopic (exact) mass is 390 g/mol. The minimum Gasteiger partial charge on any atom is -0.342 e. The highest BCUT2D eigenvalue weighted by molar-refractivity contribution is 5.95. The Bertz CT molecular complexity index is 1050. The highest BCUT2D eigenvalue weighted by Gasteiger charge is 2.24. The normalized spacial score (nSPS) is 14.9. The number of imidazole rings is 1. The molecule has 6 heteroatoms. The zero-order valence-electron chi connectivity index (χ0n) is 16.9. The molecule has 1 N–H and O–H groups in total. The van der Waals surface area contributed by atoms with E-state index >= 15 is 0 Å². The smallest absolute Gasteiger partial charge is 0.252 e. The van der Waals surface area contributed by atoms with Crippen LogP contribution in [-0.2, 0) is 11.3 Å². The van der Waals surface area contributed by atoms with Crippen molar-refractivity contribution >= 4 is 22.8 Å². The van der Waals surface area contributed by atoms with Gasteiger partial charge in [-0.1, -0.05) is 30.3 Å². The van der Waals surface area contributed by atoms with Crippen molar-refractivity contribution in [1.82, 2.24) is 19.8 Å². The van der Waals surface area contributed by atoms with Crippen molar-refractivity contribution < 1.29 is 9.59 Å². The first-order valence-electron chi connectivity index (χ1n) is 10.1. The fourth-order valence-electron chi connectivity index (χ4n) is 3.96. The van der Waals surface area contributed by atoms with Crippen LogP contribution >= 0.6 is 0 Å². The third kappa shape index (κ3) is 3.88. The number of rotatable bonds is 5. The van der Waals surface area contributed by atoms with Crippen LogP contribution in [0, 0.1) is 6.92 Å². The van der Waals surface area contributed by atoms with Crippen LogP contribution < -0.4 is 5.32 Å². The van der Waals surface area contributed by atoms with Crippen LogP contribution in [0.4, 0.5) is 0 Å². The number of carbonyl (C=O) groups excluding carboxylic acids is 2. The SMILES string of the molecule is Cc1ccccc1C(=O)NC(C)c1nc2ccccc2n1CC(=O)N1CCCC1. The summed E-state index contributed by atoms with van der Waals surface area (Å²) in [5.74, 6) is 0.657. The number of amides is 2. The summed E-state index contributed by atoms with van der Waals surface area (Å²) >= 11 is 0. The van der Waals surface area contributed by atoms with Crippen LogP contribution in [0.2, 0.25) is 0 Å². The molecule has 0 spiro atoms. The van der Waals surface area contributed by atoms with Gasteiger partial charge in [-0.3, -0.25) is 9.59 Å². The Morgan fingerprint density at radius 1 is 1.07 bits per heavy atom. The van der Waals surface area contributed by atoms with Gasteiger partial charge in [0.1, 0.15) is 12.4 Å². The van der Waals surface area contributed by atoms with E-state index in [1.807, 2.05) is 71.8 Å². The van der Waals surface area contributed by atoms with Crippen LogP contribution in [0.5, 0.6) is 0 Å². The Hall–Kier alpha value is -3.15. The predicted molar refractivity (Wildman–Crippen MR) is 113 cm³/mol. The minimum absolute atomic E-state index is 0.101. The third-order valence-corrected chi connectivity index (χ3v) is 5.56. The van der Waals surface area contributed by atoms with Crippen molar-refractivity contribution in [3.05, 3.63) is 65.5 Å². The summed E-state index contributed by atoms with van der Waals surface area (Å²) in [6.45, 7) is 5.71. The van der Waals surface area contributed by atoms with Crippen molar-refractivity contribution in [2.75, 3.05) is 13.1 Å². The van der Waals surface area contributed by atoms with Crippen molar-refractivity contribution in [2.24, 2.45) is 0 Å². The second-order valence-electron chi connectivity index (χ2n) is 7.64. The van der Waals surface area contributed by atoms with Gasteiger partial charge in [0.05, 0.1) is 17.1 Å². The fraction of sp³-hybridized carbons (Fsp3) is 0.348. The van der Waals surface area contributed by atoms with Gasteiger partial charge >= 0.3 is 0 Å². The molecule has 2 heterocycles. The molecule has 1 fully saturated rings. The van der Waals surface area contributed by atoms with Gasteiger partial charge in [-0.2, -0.15) is 0 Å². The minimum atomic E-state index is -0.333. The lowest BCUT2D eigenvalue weighted by molar-refractivity contribution is -0.130. The van der Waals surface area contributed by atoms with E-state index in [0.717, 1.165) is 42.5 Å². The number of benzene rings is 2. The molecule has 1 aliphatic heterocycles. The van der Waals surface area contributed by atoms with Gasteiger partial charge in [-0.25, -0.2) is 4.98 Å². The molecule has 1 aromatic heterocycles. The number of hydrogen-bond acceptors (Lipinski definition) is 3. The number of aryl methyl sites for hydroxylation is 1. The molecule has 1 saturated heterocycles. The van der Waals surface area contributed by atoms with Gasteiger partial charge in [-0.05, 0) is 50.5 Å². The Balaban J connectivity index is 1.62. The van der Waals surface area contributed by atoms with Crippen LogP contribution in [-0.4, -0.2) is 39.4 Å². The van der Waals surface area contributed by atoms with E-state index in [4.69, 9.17) is 4.98 Å². The van der Waals surface area contributed by atoms with E-state index in [2.05, 4.69) is 5.32 Å². The number of nitrogens with one attached hydrogen (secondary N) is 1. The molecule has 1 aliphatic rings. The summed E-state index contributed by atoms with van der Waals surface area (Å²) < 4.78 is 1.94. The maximum atomic E-state index is 12.8. The maximum absolute atomic E-state index is 12.8. The predicted octanol–water partition coefficient (Wildman–Crippen LogP) is 3.46. The molecule has 29 heavy (non-hydrogen) atoms. The van der Waals surface area contributed by atoms with E-state index in [1.165, 1.54) is 0 Å². The first-order valence-corrected chi connectivity index (χ1v) is 10.1. The molecule has 150 valence electrons. The number of para-hydroxylation sites is 2. The average Bonchev–Trinajstić information content (AvgIpc) is 3.37. The lowest BCUT2D eigenvalue weighted by Gasteiger charge is -2.20. The summed E-state index contributed by atoms with van der Waals surface area (Å²) in [5, 5.41) is 3.05. The van der Waals surface area contributed by atoms with Crippen molar-refractivity contribution in [3.63, 3.8) is 0 Å². The molecule has 2 amide bonds. The van der Waals surface area contributed by atoms with Gasteiger partial charge in [0.2, 0.25) is 5.91 Å². The Morgan fingerprint density at radius 2 is 1.76 bits per heavy atom. The first-order chi connectivity index (χ1) is 14.0. The molecule has 0 bridgehead atoms. The lowest BCUT2D eigenvalue weighted by Crippen LogP contribution is -2.33. The van der Waals surface area contributed by atoms with Gasteiger partial charge in [0, 0.05) is 18.7 Å². The van der Waals surface area contributed by atoms with Crippen LogP contribution in [0.3, 0.4) is 0 Å². The largest absolute Gasteiger partial charge is 0.342 e. The molecule has 0 radical (unpaired) electrons. The summed E-state index contributed by atoms with van der Waals surface area (Å²) in [7, 11) is 0. The van der Waals surface area contributed by atoms with E-state index in [1.54, 1.807) is 0 Å². The highest BCUT2D eigenvalue weighted by atomic mass is 16.2. The third-order valence-electron chi connectivity index (χ3n) is 5.56. The van der Waals surface area contributed by atoms with Gasteiger partial charge < -0.3 is 14.8 Å². The van der Waals surface area contributed by atoms with E-state index in [-0.39, 0.29) is 24.4 Å². The zero-order chi connectivity index (χ0) is 20.4. The molecule has 6 nitrogen and oxygen atoms in total. The molecular weight excluding hydrogens is 364 g/mol. The van der Waals surface area contributed by atoms with Crippen LogP contribution in [0.15, 0.2) is 48.5 Å². The van der Waals surface area contributed by atoms with Gasteiger partial charge in [0.15, 0.2) is 0 Å². The topological polar surface area (TPSA) is 67.2 Å². The summed E-state index contributed by atoms with van der Waals surface area (Å²) in [6.07, 6.45) is 2.12. The quantitative estimate of drug-likeness (QED) is 0.725. The standard InChI is InChI=1S/C23H26N4O2/c1-16-9-3-4-10-18(16)23(29)24-17(2)22-25-19-11-5-6-12-20(19)27(22)15-21(28)26-13-7-8-14-26/h3-6,9-12,17H,7-8,13-15H2,1-2H3,(H,24,29). The van der Waals surface area contributed by atoms with Gasteiger partial charge in [-0.15, -0.1) is 0 Å². The lowest BCUT2D eigenvalue weighted by atomic mass is 10.1.